The Morgan fingerprint density at radius 2 is 1.98 bits per heavy atom. The maximum atomic E-state index is 13.3. The van der Waals surface area contributed by atoms with Crippen LogP contribution in [0.15, 0.2) is 18.5 Å². The number of carbonyl (C=O) groups excluding carboxylic acids is 2. The summed E-state index contributed by atoms with van der Waals surface area (Å²) < 4.78 is 43.1. The Labute approximate surface area is 234 Å². The molecule has 14 heteroatoms. The maximum Gasteiger partial charge on any atom is 0.393 e. The van der Waals surface area contributed by atoms with Crippen molar-refractivity contribution in [1.29, 1.82) is 0 Å². The Kier molecular flexibility index (Phi) is 8.30. The minimum Gasteiger partial charge on any atom is -0.390 e. The summed E-state index contributed by atoms with van der Waals surface area (Å²) in [5.74, 6) is -2.46. The number of piperidine rings is 1. The Hall–Kier alpha value is -3.55. The minimum absolute atomic E-state index is 0.105. The molecule has 4 heterocycles. The number of aromatic nitrogens is 6. The molecule has 41 heavy (non-hydrogen) atoms. The molecule has 1 saturated carbocycles. The van der Waals surface area contributed by atoms with Crippen molar-refractivity contribution in [1.82, 2.24) is 40.0 Å². The fourth-order valence-electron chi connectivity index (χ4n) is 5.94. The van der Waals surface area contributed by atoms with Crippen LogP contribution in [0.25, 0.3) is 5.78 Å². The number of rotatable bonds is 8. The number of aliphatic hydroxyl groups is 1. The van der Waals surface area contributed by atoms with Gasteiger partial charge in [-0.25, -0.2) is 14.5 Å². The first-order chi connectivity index (χ1) is 19.6. The molecular weight excluding hydrogens is 541 g/mol. The average Bonchev–Trinajstić information content (AvgIpc) is 3.59. The third-order valence-electron chi connectivity index (χ3n) is 8.39. The topological polar surface area (TPSA) is 139 Å². The number of halogens is 3. The van der Waals surface area contributed by atoms with Crippen LogP contribution in [-0.2, 0) is 24.4 Å². The highest BCUT2D eigenvalue weighted by Crippen LogP contribution is 2.37. The largest absolute Gasteiger partial charge is 0.393 e. The van der Waals surface area contributed by atoms with Gasteiger partial charge in [0.15, 0.2) is 0 Å². The number of aliphatic hydroxyl groups excluding tert-OH is 1. The van der Waals surface area contributed by atoms with Gasteiger partial charge in [0.2, 0.25) is 5.91 Å². The van der Waals surface area contributed by atoms with Crippen LogP contribution in [0.3, 0.4) is 0 Å². The fourth-order valence-corrected chi connectivity index (χ4v) is 5.94. The third-order valence-corrected chi connectivity index (χ3v) is 8.39. The van der Waals surface area contributed by atoms with E-state index < -0.39 is 43.1 Å². The monoisotopic (exact) mass is 576 g/mol. The molecule has 3 atom stereocenters. The van der Waals surface area contributed by atoms with E-state index in [1.165, 1.54) is 4.52 Å². The van der Waals surface area contributed by atoms with Gasteiger partial charge in [-0.2, -0.15) is 23.4 Å². The smallest absolute Gasteiger partial charge is 0.390 e. The quantitative estimate of drug-likeness (QED) is 0.375. The molecule has 0 radical (unpaired) electrons. The molecule has 2 amide bonds. The molecule has 11 nitrogen and oxygen atoms in total. The first kappa shape index (κ1) is 29.0. The molecule has 3 N–H and O–H groups in total. The van der Waals surface area contributed by atoms with Gasteiger partial charge in [-0.05, 0) is 44.1 Å². The Morgan fingerprint density at radius 3 is 2.66 bits per heavy atom. The molecule has 2 fully saturated rings. The number of amides is 2. The van der Waals surface area contributed by atoms with Gasteiger partial charge in [-0.3, -0.25) is 14.3 Å². The predicted molar refractivity (Wildman–Crippen MR) is 140 cm³/mol. The van der Waals surface area contributed by atoms with E-state index in [9.17, 15) is 27.9 Å². The Morgan fingerprint density at radius 1 is 1.22 bits per heavy atom. The van der Waals surface area contributed by atoms with Crippen LogP contribution in [-0.4, -0.2) is 59.0 Å². The Bertz CT molecular complexity index is 1400. The summed E-state index contributed by atoms with van der Waals surface area (Å²) in [6, 6.07) is 1.23. The molecule has 0 unspecified atom stereocenters. The lowest BCUT2D eigenvalue weighted by Crippen LogP contribution is -2.47. The van der Waals surface area contributed by atoms with Crippen molar-refractivity contribution in [2.45, 2.75) is 77.7 Å². The number of aryl methyl sites for hydroxylation is 1. The van der Waals surface area contributed by atoms with Crippen molar-refractivity contribution < 1.29 is 27.9 Å². The number of hydrogen-bond acceptors (Lipinski definition) is 7. The van der Waals surface area contributed by atoms with Gasteiger partial charge in [0.25, 0.3) is 11.7 Å². The lowest BCUT2D eigenvalue weighted by molar-refractivity contribution is -0.183. The van der Waals surface area contributed by atoms with Gasteiger partial charge >= 0.3 is 6.18 Å². The summed E-state index contributed by atoms with van der Waals surface area (Å²) in [6.07, 6.45) is 2.19. The van der Waals surface area contributed by atoms with Crippen molar-refractivity contribution >= 4 is 17.6 Å². The Balaban J connectivity index is 1.45. The van der Waals surface area contributed by atoms with Crippen LogP contribution in [0.4, 0.5) is 13.2 Å². The number of hydrogen-bond donors (Lipinski definition) is 3. The lowest BCUT2D eigenvalue weighted by Gasteiger charge is -2.32. The first-order valence-corrected chi connectivity index (χ1v) is 14.1. The van der Waals surface area contributed by atoms with E-state index in [1.54, 1.807) is 23.1 Å². The molecule has 3 aromatic heterocycles. The van der Waals surface area contributed by atoms with E-state index in [-0.39, 0.29) is 41.8 Å². The van der Waals surface area contributed by atoms with Crippen molar-refractivity contribution in [3.63, 3.8) is 0 Å². The van der Waals surface area contributed by atoms with E-state index in [4.69, 9.17) is 0 Å². The normalized spacial score (nSPS) is 24.3. The molecule has 0 aromatic carbocycles. The van der Waals surface area contributed by atoms with Gasteiger partial charge < -0.3 is 15.7 Å². The minimum atomic E-state index is -4.42. The van der Waals surface area contributed by atoms with E-state index in [0.29, 0.717) is 23.9 Å². The number of fused-ring (bicyclic) bond motifs is 1. The molecule has 1 saturated heterocycles. The fraction of sp³-hybridized carbons (Fsp3) is 0.630. The first-order valence-electron chi connectivity index (χ1n) is 14.1. The summed E-state index contributed by atoms with van der Waals surface area (Å²) in [4.78, 5) is 34.8. The molecule has 1 aliphatic carbocycles. The van der Waals surface area contributed by atoms with E-state index in [0.717, 1.165) is 25.7 Å². The van der Waals surface area contributed by atoms with Crippen LogP contribution in [0.2, 0.25) is 0 Å². The summed E-state index contributed by atoms with van der Waals surface area (Å²) in [5.41, 5.74) is 1.37. The second-order valence-electron chi connectivity index (χ2n) is 11.2. The molecule has 5 rings (SSSR count). The van der Waals surface area contributed by atoms with Crippen LogP contribution in [0.1, 0.15) is 79.6 Å². The molecule has 1 aliphatic heterocycles. The van der Waals surface area contributed by atoms with Gasteiger partial charge in [0, 0.05) is 31.6 Å². The van der Waals surface area contributed by atoms with Crippen LogP contribution in [0, 0.1) is 23.7 Å². The number of nitrogens with one attached hydrogen (secondary N) is 2. The standard InChI is InChI=1S/C27H35F3N8O3/c1-3-37-22(8-9-32-37)25(41)35-23(16-6-4-15(2)5-7-16)20-13-38-26(33-20)34-21(14-39)19(36-38)11-17-10-18(27(28,29)30)12-31-24(17)40/h8-9,13,15-18,23,39H,3-7,10-12,14H2,1-2H3,(H,31,40)(H,35,41)/t15?,16?,17-,18-,23+/m1/s1. The summed E-state index contributed by atoms with van der Waals surface area (Å²) in [5, 5.41) is 24.2. The van der Waals surface area contributed by atoms with E-state index in [1.807, 2.05) is 6.92 Å². The molecule has 222 valence electrons. The van der Waals surface area contributed by atoms with Gasteiger partial charge in [-0.15, -0.1) is 0 Å². The van der Waals surface area contributed by atoms with Gasteiger partial charge in [0.1, 0.15) is 5.69 Å². The third kappa shape index (κ3) is 6.21. The highest BCUT2D eigenvalue weighted by molar-refractivity contribution is 5.92. The number of imidazole rings is 1. The van der Waals surface area contributed by atoms with Gasteiger partial charge in [0.05, 0.1) is 41.8 Å². The van der Waals surface area contributed by atoms with Crippen molar-refractivity contribution in [3.8, 4) is 0 Å². The van der Waals surface area contributed by atoms with Crippen molar-refractivity contribution in [2.24, 2.45) is 23.7 Å². The molecular formula is C27H35F3N8O3. The zero-order valence-electron chi connectivity index (χ0n) is 23.1. The molecule has 0 bridgehead atoms. The summed E-state index contributed by atoms with van der Waals surface area (Å²) in [6.45, 7) is 3.69. The lowest BCUT2D eigenvalue weighted by atomic mass is 9.78. The van der Waals surface area contributed by atoms with E-state index >= 15 is 0 Å². The van der Waals surface area contributed by atoms with E-state index in [2.05, 4.69) is 37.7 Å². The molecule has 0 spiro atoms. The average molecular weight is 577 g/mol. The second-order valence-corrected chi connectivity index (χ2v) is 11.2. The van der Waals surface area contributed by atoms with Crippen molar-refractivity contribution in [3.05, 3.63) is 41.2 Å². The maximum absolute atomic E-state index is 13.3. The number of alkyl halides is 3. The molecule has 3 aromatic rings. The highest BCUT2D eigenvalue weighted by Gasteiger charge is 2.45. The zero-order chi connectivity index (χ0) is 29.3. The van der Waals surface area contributed by atoms with Crippen molar-refractivity contribution in [2.75, 3.05) is 6.54 Å². The van der Waals surface area contributed by atoms with Gasteiger partial charge in [-0.1, -0.05) is 19.8 Å². The second kappa shape index (κ2) is 11.7. The SMILES string of the molecule is CCn1nccc1C(=O)N[C@H](c1cn2nc(C[C@H]3C[C@@H](C(F)(F)F)CNC3=O)c(CO)nc2n1)C1CCC(C)CC1. The highest BCUT2D eigenvalue weighted by atomic mass is 19.4. The zero-order valence-corrected chi connectivity index (χ0v) is 23.1. The van der Waals surface area contributed by atoms with Crippen LogP contribution in [0.5, 0.6) is 0 Å². The predicted octanol–water partition coefficient (Wildman–Crippen LogP) is 2.99. The summed E-state index contributed by atoms with van der Waals surface area (Å²) in [7, 11) is 0. The molecule has 2 aliphatic rings. The number of nitrogens with zero attached hydrogens (tertiary/aromatic N) is 6. The number of carbonyl (C=O) groups is 2. The summed E-state index contributed by atoms with van der Waals surface area (Å²) >= 11 is 0. The van der Waals surface area contributed by atoms with Crippen LogP contribution >= 0.6 is 0 Å². The van der Waals surface area contributed by atoms with Crippen LogP contribution < -0.4 is 10.6 Å².